The van der Waals surface area contributed by atoms with Crippen LogP contribution in [0.2, 0.25) is 0 Å². The van der Waals surface area contributed by atoms with Gasteiger partial charge in [0.2, 0.25) is 0 Å². The zero-order chi connectivity index (χ0) is 26.1. The highest BCUT2D eigenvalue weighted by Crippen LogP contribution is 2.28. The molecule has 38 heavy (non-hydrogen) atoms. The van der Waals surface area contributed by atoms with Gasteiger partial charge in [0.1, 0.15) is 0 Å². The highest BCUT2D eigenvalue weighted by molar-refractivity contribution is 7.15. The van der Waals surface area contributed by atoms with Crippen molar-refractivity contribution in [2.75, 3.05) is 0 Å². The molecule has 0 atom stereocenters. The number of thiazole rings is 1. The number of nitriles is 1. The molecule has 0 unspecified atom stereocenters. The topological polar surface area (TPSA) is 76.0 Å². The molecule has 0 radical (unpaired) electrons. The van der Waals surface area contributed by atoms with E-state index in [2.05, 4.69) is 25.1 Å². The van der Waals surface area contributed by atoms with E-state index >= 15 is 0 Å². The molecule has 6 nitrogen and oxygen atoms in total. The molecule has 0 aliphatic carbocycles. The highest BCUT2D eigenvalue weighted by atomic mass is 32.1. The zero-order valence-electron chi connectivity index (χ0n) is 20.4. The van der Waals surface area contributed by atoms with Crippen LogP contribution in [0, 0.1) is 18.3 Å². The fraction of sp³-hybridized carbons (Fsp3) is 0.0323. The number of rotatable bonds is 5. The molecular weight excluding hydrogens is 490 g/mol. The molecule has 0 spiro atoms. The van der Waals surface area contributed by atoms with Crippen LogP contribution in [0.3, 0.4) is 0 Å². The van der Waals surface area contributed by atoms with E-state index in [9.17, 15) is 10.1 Å². The lowest BCUT2D eigenvalue weighted by molar-refractivity contribution is 0.884. The first-order valence-electron chi connectivity index (χ1n) is 12.0. The Kier molecular flexibility index (Phi) is 6.00. The maximum absolute atomic E-state index is 13.5. The van der Waals surface area contributed by atoms with E-state index in [-0.39, 0.29) is 5.56 Å². The Morgan fingerprint density at radius 3 is 2.53 bits per heavy atom. The van der Waals surface area contributed by atoms with Crippen LogP contribution in [0.1, 0.15) is 22.4 Å². The van der Waals surface area contributed by atoms with Crippen LogP contribution < -0.4 is 5.56 Å². The Hall–Kier alpha value is -5.06. The summed E-state index contributed by atoms with van der Waals surface area (Å²) in [7, 11) is 0. The average molecular weight is 512 g/mol. The van der Waals surface area contributed by atoms with Crippen molar-refractivity contribution >= 4 is 28.4 Å². The lowest BCUT2D eigenvalue weighted by Gasteiger charge is -2.07. The first-order valence-corrected chi connectivity index (χ1v) is 12.9. The van der Waals surface area contributed by atoms with Crippen molar-refractivity contribution < 1.29 is 0 Å². The lowest BCUT2D eigenvalue weighted by Crippen LogP contribution is -2.16. The standard InChI is InChI=1S/C31H21N5OS/c1-21-6-5-7-24(18-21)29-25(20-36(34-29)26-8-3-2-4-9-26)14-15-27-28(23-12-10-22(19-32)11-13-23)30(37)35-16-17-38-31(35)33-27/h2-18,20H,1H3/b15-14+. The van der Waals surface area contributed by atoms with Crippen molar-refractivity contribution in [1.82, 2.24) is 19.2 Å². The normalized spacial score (nSPS) is 11.3. The predicted octanol–water partition coefficient (Wildman–Crippen LogP) is 6.63. The van der Waals surface area contributed by atoms with Crippen LogP contribution in [0.25, 0.3) is 45.2 Å². The number of aromatic nitrogens is 4. The summed E-state index contributed by atoms with van der Waals surface area (Å²) >= 11 is 1.41. The van der Waals surface area contributed by atoms with E-state index < -0.39 is 0 Å². The Labute approximate surface area is 223 Å². The Bertz CT molecular complexity index is 1900. The summed E-state index contributed by atoms with van der Waals surface area (Å²) in [6, 6.07) is 27.3. The van der Waals surface area contributed by atoms with Crippen LogP contribution >= 0.6 is 11.3 Å². The smallest absolute Gasteiger partial charge is 0.266 e. The first kappa shape index (κ1) is 23.3. The van der Waals surface area contributed by atoms with Gasteiger partial charge >= 0.3 is 0 Å². The Morgan fingerprint density at radius 1 is 0.947 bits per heavy atom. The van der Waals surface area contributed by atoms with E-state index in [1.807, 2.05) is 70.9 Å². The molecule has 0 aliphatic rings. The van der Waals surface area contributed by atoms with Gasteiger partial charge in [-0.15, -0.1) is 11.3 Å². The third-order valence-corrected chi connectivity index (χ3v) is 7.03. The number of fused-ring (bicyclic) bond motifs is 1. The summed E-state index contributed by atoms with van der Waals surface area (Å²) in [6.45, 7) is 2.06. The summed E-state index contributed by atoms with van der Waals surface area (Å²) in [4.78, 5) is 18.9. The maximum Gasteiger partial charge on any atom is 0.266 e. The molecule has 0 saturated carbocycles. The summed E-state index contributed by atoms with van der Waals surface area (Å²) < 4.78 is 3.42. The van der Waals surface area contributed by atoms with E-state index in [4.69, 9.17) is 10.1 Å². The van der Waals surface area contributed by atoms with E-state index in [0.29, 0.717) is 27.3 Å². The van der Waals surface area contributed by atoms with Crippen LogP contribution in [-0.4, -0.2) is 19.2 Å². The van der Waals surface area contributed by atoms with Gasteiger partial charge in [-0.05, 0) is 55.0 Å². The van der Waals surface area contributed by atoms with Gasteiger partial charge in [-0.2, -0.15) is 10.4 Å². The van der Waals surface area contributed by atoms with E-state index in [1.54, 1.807) is 34.9 Å². The van der Waals surface area contributed by atoms with Crippen molar-refractivity contribution in [2.45, 2.75) is 6.92 Å². The average Bonchev–Trinajstić information content (AvgIpc) is 3.60. The largest absolute Gasteiger partial charge is 0.268 e. The van der Waals surface area contributed by atoms with Gasteiger partial charge in [-0.25, -0.2) is 9.67 Å². The summed E-state index contributed by atoms with van der Waals surface area (Å²) in [6.07, 6.45) is 7.56. The third kappa shape index (κ3) is 4.34. The summed E-state index contributed by atoms with van der Waals surface area (Å²) in [5, 5.41) is 16.0. The number of nitrogens with zero attached hydrogens (tertiary/aromatic N) is 5. The molecule has 3 aromatic heterocycles. The fourth-order valence-corrected chi connectivity index (χ4v) is 5.12. The van der Waals surface area contributed by atoms with Crippen molar-refractivity contribution in [3.63, 3.8) is 0 Å². The summed E-state index contributed by atoms with van der Waals surface area (Å²) in [5.74, 6) is 0. The number of aryl methyl sites for hydroxylation is 1. The minimum Gasteiger partial charge on any atom is -0.268 e. The number of para-hydroxylation sites is 1. The van der Waals surface area contributed by atoms with E-state index in [1.165, 1.54) is 11.3 Å². The van der Waals surface area contributed by atoms with Crippen molar-refractivity contribution in [3.8, 4) is 34.1 Å². The second kappa shape index (κ2) is 9.77. The molecule has 6 aromatic rings. The molecule has 0 amide bonds. The zero-order valence-corrected chi connectivity index (χ0v) is 21.3. The molecule has 3 heterocycles. The van der Waals surface area contributed by atoms with Crippen molar-refractivity contribution in [3.05, 3.63) is 129 Å². The second-order valence-corrected chi connectivity index (χ2v) is 9.71. The minimum absolute atomic E-state index is 0.153. The van der Waals surface area contributed by atoms with Crippen LogP contribution in [0.4, 0.5) is 0 Å². The van der Waals surface area contributed by atoms with Crippen molar-refractivity contribution in [1.29, 1.82) is 5.26 Å². The maximum atomic E-state index is 13.5. The van der Waals surface area contributed by atoms with Crippen molar-refractivity contribution in [2.24, 2.45) is 0 Å². The van der Waals surface area contributed by atoms with Gasteiger partial charge in [-0.3, -0.25) is 9.20 Å². The Morgan fingerprint density at radius 2 is 1.76 bits per heavy atom. The van der Waals surface area contributed by atoms with E-state index in [0.717, 1.165) is 28.1 Å². The summed E-state index contributed by atoms with van der Waals surface area (Å²) in [5.41, 5.74) is 6.98. The molecule has 7 heteroatoms. The second-order valence-electron chi connectivity index (χ2n) is 8.84. The number of benzene rings is 3. The molecular formula is C31H21N5OS. The third-order valence-electron chi connectivity index (χ3n) is 6.27. The molecule has 0 bridgehead atoms. The van der Waals surface area contributed by atoms with Crippen LogP contribution in [0.15, 0.2) is 101 Å². The SMILES string of the molecule is Cc1cccc(-c2nn(-c3ccccc3)cc2/C=C/c2nc3sccn3c(=O)c2-c2ccc(C#N)cc2)c1. The molecule has 6 rings (SSSR count). The van der Waals surface area contributed by atoms with Gasteiger partial charge in [0.05, 0.1) is 34.3 Å². The molecule has 3 aromatic carbocycles. The molecule has 0 aliphatic heterocycles. The highest BCUT2D eigenvalue weighted by Gasteiger charge is 2.16. The molecule has 0 saturated heterocycles. The first-order chi connectivity index (χ1) is 18.6. The quantitative estimate of drug-likeness (QED) is 0.260. The molecule has 0 fully saturated rings. The van der Waals surface area contributed by atoms with Crippen LogP contribution in [0.5, 0.6) is 0 Å². The van der Waals surface area contributed by atoms with Gasteiger partial charge < -0.3 is 0 Å². The number of hydrogen-bond acceptors (Lipinski definition) is 5. The minimum atomic E-state index is -0.153. The van der Waals surface area contributed by atoms with Crippen LogP contribution in [-0.2, 0) is 0 Å². The predicted molar refractivity (Wildman–Crippen MR) is 152 cm³/mol. The Balaban J connectivity index is 1.52. The van der Waals surface area contributed by atoms with Gasteiger partial charge in [0, 0.05) is 28.9 Å². The van der Waals surface area contributed by atoms with Gasteiger partial charge in [0.25, 0.3) is 5.56 Å². The molecule has 0 N–H and O–H groups in total. The van der Waals surface area contributed by atoms with Gasteiger partial charge in [0.15, 0.2) is 4.96 Å². The number of hydrogen-bond donors (Lipinski definition) is 0. The molecule has 182 valence electrons. The fourth-order valence-electron chi connectivity index (χ4n) is 4.41. The monoisotopic (exact) mass is 511 g/mol. The lowest BCUT2D eigenvalue weighted by atomic mass is 10.0. The van der Waals surface area contributed by atoms with Gasteiger partial charge in [-0.1, -0.05) is 54.1 Å².